The van der Waals surface area contributed by atoms with Crippen LogP contribution >= 0.6 is 0 Å². The molecule has 3 nitrogen and oxygen atoms in total. The van der Waals surface area contributed by atoms with E-state index in [1.54, 1.807) is 0 Å². The van der Waals surface area contributed by atoms with Crippen LogP contribution in [0.5, 0.6) is 0 Å². The third-order valence-corrected chi connectivity index (χ3v) is 2.87. The summed E-state index contributed by atoms with van der Waals surface area (Å²) in [6.07, 6.45) is 0.545. The van der Waals surface area contributed by atoms with E-state index >= 15 is 0 Å². The zero-order chi connectivity index (χ0) is 11.6. The summed E-state index contributed by atoms with van der Waals surface area (Å²) in [4.78, 5) is 11.6. The molecule has 3 heteroatoms. The van der Waals surface area contributed by atoms with E-state index in [2.05, 4.69) is 5.32 Å². The van der Waals surface area contributed by atoms with Crippen LogP contribution < -0.4 is 5.32 Å². The highest BCUT2D eigenvalue weighted by Crippen LogP contribution is 2.37. The highest BCUT2D eigenvalue weighted by Gasteiger charge is 2.48. The van der Waals surface area contributed by atoms with E-state index < -0.39 is 0 Å². The van der Waals surface area contributed by atoms with Crippen molar-refractivity contribution in [1.82, 2.24) is 5.32 Å². The predicted octanol–water partition coefficient (Wildman–Crippen LogP) is 1.87. The number of hydrogen-bond donors (Lipinski definition) is 1. The van der Waals surface area contributed by atoms with Crippen molar-refractivity contribution >= 4 is 5.91 Å². The highest BCUT2D eigenvalue weighted by molar-refractivity contribution is 5.77. The lowest BCUT2D eigenvalue weighted by atomic mass is 10.1. The lowest BCUT2D eigenvalue weighted by Crippen LogP contribution is -2.25. The SMILES string of the molecule is CC1(C)OC1CC(=O)NCc1ccccc1. The van der Waals surface area contributed by atoms with Gasteiger partial charge >= 0.3 is 0 Å². The number of ether oxygens (including phenoxy) is 1. The van der Waals surface area contributed by atoms with E-state index in [1.165, 1.54) is 0 Å². The number of benzene rings is 1. The first-order chi connectivity index (χ1) is 7.58. The van der Waals surface area contributed by atoms with Crippen LogP contribution in [-0.4, -0.2) is 17.6 Å². The van der Waals surface area contributed by atoms with Gasteiger partial charge in [0.05, 0.1) is 18.1 Å². The summed E-state index contributed by atoms with van der Waals surface area (Å²) in [7, 11) is 0. The molecule has 1 aliphatic heterocycles. The Morgan fingerprint density at radius 3 is 2.56 bits per heavy atom. The van der Waals surface area contributed by atoms with Crippen molar-refractivity contribution in [3.63, 3.8) is 0 Å². The van der Waals surface area contributed by atoms with Gasteiger partial charge in [-0.2, -0.15) is 0 Å². The molecule has 1 saturated heterocycles. The van der Waals surface area contributed by atoms with Crippen molar-refractivity contribution in [2.24, 2.45) is 0 Å². The lowest BCUT2D eigenvalue weighted by Gasteiger charge is -2.04. The van der Waals surface area contributed by atoms with E-state index in [1.807, 2.05) is 44.2 Å². The molecule has 1 amide bonds. The van der Waals surface area contributed by atoms with Crippen molar-refractivity contribution in [1.29, 1.82) is 0 Å². The molecule has 1 unspecified atom stereocenters. The summed E-state index contributed by atoms with van der Waals surface area (Å²) in [5.74, 6) is 0.0550. The van der Waals surface area contributed by atoms with Crippen molar-refractivity contribution in [2.45, 2.75) is 38.5 Å². The zero-order valence-corrected chi connectivity index (χ0v) is 9.69. The summed E-state index contributed by atoms with van der Waals surface area (Å²) >= 11 is 0. The van der Waals surface area contributed by atoms with Gasteiger partial charge in [-0.05, 0) is 19.4 Å². The molecule has 0 saturated carbocycles. The van der Waals surface area contributed by atoms with Gasteiger partial charge in [0.15, 0.2) is 0 Å². The van der Waals surface area contributed by atoms with Gasteiger partial charge in [0.2, 0.25) is 5.91 Å². The second-order valence-electron chi connectivity index (χ2n) is 4.68. The maximum absolute atomic E-state index is 11.6. The Morgan fingerprint density at radius 1 is 1.38 bits per heavy atom. The van der Waals surface area contributed by atoms with Gasteiger partial charge in [0.1, 0.15) is 0 Å². The zero-order valence-electron chi connectivity index (χ0n) is 9.69. The van der Waals surface area contributed by atoms with Crippen molar-refractivity contribution in [3.05, 3.63) is 35.9 Å². The third-order valence-electron chi connectivity index (χ3n) is 2.87. The molecule has 0 bridgehead atoms. The average molecular weight is 219 g/mol. The molecule has 1 atom stereocenters. The number of epoxide rings is 1. The van der Waals surface area contributed by atoms with Crippen LogP contribution in [0.4, 0.5) is 0 Å². The van der Waals surface area contributed by atoms with E-state index in [9.17, 15) is 4.79 Å². The fraction of sp³-hybridized carbons (Fsp3) is 0.462. The molecule has 1 aromatic carbocycles. The maximum Gasteiger partial charge on any atom is 0.222 e. The molecule has 1 heterocycles. The van der Waals surface area contributed by atoms with Gasteiger partial charge in [-0.1, -0.05) is 30.3 Å². The first kappa shape index (κ1) is 11.1. The Hall–Kier alpha value is -1.35. The van der Waals surface area contributed by atoms with Crippen LogP contribution in [-0.2, 0) is 16.1 Å². The van der Waals surface area contributed by atoms with Crippen molar-refractivity contribution < 1.29 is 9.53 Å². The Labute approximate surface area is 95.8 Å². The Morgan fingerprint density at radius 2 is 2.00 bits per heavy atom. The van der Waals surface area contributed by atoms with Crippen LogP contribution in [0.2, 0.25) is 0 Å². The standard InChI is InChI=1S/C13H17NO2/c1-13(2)11(16-13)8-12(15)14-9-10-6-4-3-5-7-10/h3-7,11H,8-9H2,1-2H3,(H,14,15). The first-order valence-corrected chi connectivity index (χ1v) is 5.56. The maximum atomic E-state index is 11.6. The number of amides is 1. The highest BCUT2D eigenvalue weighted by atomic mass is 16.6. The number of carbonyl (C=O) groups is 1. The molecule has 1 N–H and O–H groups in total. The molecule has 1 aromatic rings. The molecule has 0 spiro atoms. The summed E-state index contributed by atoms with van der Waals surface area (Å²) in [5, 5.41) is 2.89. The molecule has 0 aromatic heterocycles. The van der Waals surface area contributed by atoms with Crippen LogP contribution in [0.15, 0.2) is 30.3 Å². The summed E-state index contributed by atoms with van der Waals surface area (Å²) in [5.41, 5.74) is 1.01. The monoisotopic (exact) mass is 219 g/mol. The quantitative estimate of drug-likeness (QED) is 0.785. The largest absolute Gasteiger partial charge is 0.366 e. The Kier molecular flexibility index (Phi) is 2.97. The molecule has 0 radical (unpaired) electrons. The predicted molar refractivity (Wildman–Crippen MR) is 61.9 cm³/mol. The van der Waals surface area contributed by atoms with Crippen molar-refractivity contribution in [3.8, 4) is 0 Å². The number of carbonyl (C=O) groups excluding carboxylic acids is 1. The molecule has 16 heavy (non-hydrogen) atoms. The minimum absolute atomic E-state index is 0.0550. The van der Waals surface area contributed by atoms with Crippen LogP contribution in [0.1, 0.15) is 25.8 Å². The third kappa shape index (κ3) is 2.83. The van der Waals surface area contributed by atoms with Gasteiger partial charge in [-0.25, -0.2) is 0 Å². The van der Waals surface area contributed by atoms with Crippen LogP contribution in [0.3, 0.4) is 0 Å². The molecule has 0 aliphatic carbocycles. The molecule has 1 fully saturated rings. The second-order valence-corrected chi connectivity index (χ2v) is 4.68. The summed E-state index contributed by atoms with van der Waals surface area (Å²) < 4.78 is 5.37. The van der Waals surface area contributed by atoms with E-state index in [4.69, 9.17) is 4.74 Å². The van der Waals surface area contributed by atoms with Gasteiger partial charge in [0.25, 0.3) is 0 Å². The smallest absolute Gasteiger partial charge is 0.222 e. The Bertz CT molecular complexity index is 373. The topological polar surface area (TPSA) is 41.6 Å². The molecule has 2 rings (SSSR count). The van der Waals surface area contributed by atoms with Gasteiger partial charge in [-0.3, -0.25) is 4.79 Å². The molecular weight excluding hydrogens is 202 g/mol. The fourth-order valence-electron chi connectivity index (χ4n) is 1.66. The number of nitrogens with one attached hydrogen (secondary N) is 1. The van der Waals surface area contributed by atoms with Gasteiger partial charge in [0, 0.05) is 6.54 Å². The molecule has 1 aliphatic rings. The normalized spacial score (nSPS) is 21.5. The number of rotatable bonds is 4. The first-order valence-electron chi connectivity index (χ1n) is 5.56. The van der Waals surface area contributed by atoms with Crippen molar-refractivity contribution in [2.75, 3.05) is 0 Å². The van der Waals surface area contributed by atoms with E-state index in [0.29, 0.717) is 13.0 Å². The van der Waals surface area contributed by atoms with E-state index in [0.717, 1.165) is 5.56 Å². The average Bonchev–Trinajstić information content (AvgIpc) is 2.84. The molecule has 86 valence electrons. The lowest BCUT2D eigenvalue weighted by molar-refractivity contribution is -0.121. The van der Waals surface area contributed by atoms with Gasteiger partial charge < -0.3 is 10.1 Å². The fourth-order valence-corrected chi connectivity index (χ4v) is 1.66. The summed E-state index contributed by atoms with van der Waals surface area (Å²) in [6, 6.07) is 9.89. The van der Waals surface area contributed by atoms with Crippen LogP contribution in [0, 0.1) is 0 Å². The summed E-state index contributed by atoms with van der Waals surface area (Å²) in [6.45, 7) is 4.59. The number of hydrogen-bond acceptors (Lipinski definition) is 2. The van der Waals surface area contributed by atoms with E-state index in [-0.39, 0.29) is 17.6 Å². The van der Waals surface area contributed by atoms with Gasteiger partial charge in [-0.15, -0.1) is 0 Å². The minimum Gasteiger partial charge on any atom is -0.366 e. The van der Waals surface area contributed by atoms with Crippen LogP contribution in [0.25, 0.3) is 0 Å². The Balaban J connectivity index is 1.73. The second kappa shape index (κ2) is 4.26. The minimum atomic E-state index is -0.107. The molecular formula is C13H17NO2.